The second kappa shape index (κ2) is 6.22. The number of halogens is 1. The summed E-state index contributed by atoms with van der Waals surface area (Å²) in [5.74, 6) is -0.826. The average Bonchev–Trinajstić information content (AvgIpc) is 3.06. The van der Waals surface area contributed by atoms with Crippen molar-refractivity contribution in [2.24, 2.45) is 7.05 Å². The van der Waals surface area contributed by atoms with E-state index in [4.69, 9.17) is 0 Å². The fourth-order valence-electron chi connectivity index (χ4n) is 3.59. The van der Waals surface area contributed by atoms with Crippen molar-refractivity contribution in [2.45, 2.75) is 36.7 Å². The van der Waals surface area contributed by atoms with Crippen molar-refractivity contribution in [3.05, 3.63) is 58.5 Å². The number of aryl methyl sites for hydroxylation is 1. The highest BCUT2D eigenvalue weighted by molar-refractivity contribution is 7.89. The van der Waals surface area contributed by atoms with Gasteiger partial charge in [0.2, 0.25) is 10.0 Å². The van der Waals surface area contributed by atoms with Crippen molar-refractivity contribution in [2.75, 3.05) is 0 Å². The minimum atomic E-state index is -3.98. The van der Waals surface area contributed by atoms with Gasteiger partial charge in [-0.05, 0) is 31.9 Å². The third-order valence-electron chi connectivity index (χ3n) is 5.41. The van der Waals surface area contributed by atoms with Crippen molar-refractivity contribution in [3.63, 3.8) is 0 Å². The predicted molar refractivity (Wildman–Crippen MR) is 107 cm³/mol. The number of nitrogens with zero attached hydrogens (tertiary/aromatic N) is 5. The molecule has 1 N–H and O–H groups in total. The lowest BCUT2D eigenvalue weighted by Crippen LogP contribution is -2.34. The Balaban J connectivity index is 1.74. The van der Waals surface area contributed by atoms with Gasteiger partial charge in [-0.2, -0.15) is 10.2 Å². The Morgan fingerprint density at radius 3 is 2.70 bits per heavy atom. The van der Waals surface area contributed by atoms with Crippen molar-refractivity contribution in [3.8, 4) is 0 Å². The topological polar surface area (TPSA) is 103 Å². The summed E-state index contributed by atoms with van der Waals surface area (Å²) in [4.78, 5) is 13.0. The van der Waals surface area contributed by atoms with Crippen molar-refractivity contribution >= 4 is 26.6 Å². The van der Waals surface area contributed by atoms with E-state index in [0.717, 1.165) is 11.6 Å². The van der Waals surface area contributed by atoms with E-state index < -0.39 is 26.9 Å². The molecule has 5 rings (SSSR count). The van der Waals surface area contributed by atoms with Crippen LogP contribution in [0.1, 0.15) is 25.3 Å². The van der Waals surface area contributed by atoms with Crippen molar-refractivity contribution in [1.29, 1.82) is 0 Å². The second-order valence-corrected chi connectivity index (χ2v) is 9.66. The van der Waals surface area contributed by atoms with E-state index in [-0.39, 0.29) is 22.3 Å². The Kier molecular flexibility index (Phi) is 3.93. The summed E-state index contributed by atoms with van der Waals surface area (Å²) < 4.78 is 47.5. The Hall–Kier alpha value is -3.05. The number of sulfonamides is 1. The summed E-state index contributed by atoms with van der Waals surface area (Å²) in [6, 6.07) is 3.76. The Morgan fingerprint density at radius 1 is 1.27 bits per heavy atom. The van der Waals surface area contributed by atoms with E-state index in [1.807, 2.05) is 0 Å². The molecule has 0 saturated heterocycles. The highest BCUT2D eigenvalue weighted by Crippen LogP contribution is 2.36. The van der Waals surface area contributed by atoms with Gasteiger partial charge in [0, 0.05) is 30.4 Å². The van der Waals surface area contributed by atoms with Gasteiger partial charge >= 0.3 is 0 Å². The van der Waals surface area contributed by atoms with Crippen LogP contribution in [-0.2, 0) is 23.6 Å². The molecule has 9 nitrogen and oxygen atoms in total. The highest BCUT2D eigenvalue weighted by Gasteiger charge is 2.41. The summed E-state index contributed by atoms with van der Waals surface area (Å²) in [5.41, 5.74) is 0.0926. The van der Waals surface area contributed by atoms with Crippen LogP contribution in [0.2, 0.25) is 0 Å². The molecule has 0 radical (unpaired) electrons. The minimum absolute atomic E-state index is 0.0565. The Morgan fingerprint density at radius 2 is 2.03 bits per heavy atom. The third kappa shape index (κ3) is 3.01. The smallest absolute Gasteiger partial charge is 0.262 e. The summed E-state index contributed by atoms with van der Waals surface area (Å²) in [6.07, 6.45) is 6.30. The fraction of sp³-hybridized carbons (Fsp3) is 0.316. The molecule has 3 heterocycles. The normalized spacial score (nSPS) is 15.8. The molecule has 1 fully saturated rings. The van der Waals surface area contributed by atoms with Crippen LogP contribution >= 0.6 is 0 Å². The van der Waals surface area contributed by atoms with Gasteiger partial charge in [-0.15, -0.1) is 0 Å². The molecule has 1 aromatic carbocycles. The molecule has 1 aliphatic rings. The first-order valence-corrected chi connectivity index (χ1v) is 10.9. The molecule has 1 saturated carbocycles. The first-order chi connectivity index (χ1) is 14.2. The van der Waals surface area contributed by atoms with Gasteiger partial charge in [0.25, 0.3) is 5.56 Å². The molecule has 0 amide bonds. The molecule has 0 spiro atoms. The molecule has 0 bridgehead atoms. The standard InChI is InChI=1S/C19H19FN6O3S/c1-19(4-5-19)23-30(28,29)13-7-14-17(15(20)8-13)26-16(3-6-21-26)25(18(14)27)11-12-9-22-24(2)10-12/h3,6-10,23H,4-5,11H2,1-2H3. The zero-order valence-corrected chi connectivity index (χ0v) is 17.1. The SMILES string of the molecule is Cn1cc(Cn2c(=O)c3cc(S(=O)(=O)NC4(C)CC4)cc(F)c3n3nccc23)cn1. The zero-order chi connectivity index (χ0) is 21.3. The van der Waals surface area contributed by atoms with Gasteiger partial charge in [0.15, 0.2) is 5.82 Å². The van der Waals surface area contributed by atoms with Gasteiger partial charge in [-0.25, -0.2) is 22.0 Å². The Labute approximate surface area is 170 Å². The van der Waals surface area contributed by atoms with Crippen LogP contribution in [0.25, 0.3) is 16.6 Å². The summed E-state index contributed by atoms with van der Waals surface area (Å²) in [5, 5.41) is 8.19. The number of hydrogen-bond donors (Lipinski definition) is 1. The molecule has 1 aliphatic carbocycles. The molecule has 0 aliphatic heterocycles. The molecule has 11 heteroatoms. The van der Waals surface area contributed by atoms with Crippen LogP contribution in [0, 0.1) is 5.82 Å². The first-order valence-electron chi connectivity index (χ1n) is 9.38. The summed E-state index contributed by atoms with van der Waals surface area (Å²) in [6.45, 7) is 1.98. The molecule has 3 aromatic heterocycles. The third-order valence-corrected chi connectivity index (χ3v) is 7.03. The lowest BCUT2D eigenvalue weighted by atomic mass is 10.2. The second-order valence-electron chi connectivity index (χ2n) is 7.98. The largest absolute Gasteiger partial charge is 0.288 e. The van der Waals surface area contributed by atoms with Crippen LogP contribution in [0.3, 0.4) is 0 Å². The molecule has 30 heavy (non-hydrogen) atoms. The van der Waals surface area contributed by atoms with E-state index >= 15 is 4.39 Å². The molecular formula is C19H19FN6O3S. The van der Waals surface area contributed by atoms with Crippen molar-refractivity contribution in [1.82, 2.24) is 28.7 Å². The fourth-order valence-corrected chi connectivity index (χ4v) is 5.09. The number of benzene rings is 1. The maximum atomic E-state index is 15.1. The van der Waals surface area contributed by atoms with Gasteiger partial charge in [-0.3, -0.25) is 14.0 Å². The zero-order valence-electron chi connectivity index (χ0n) is 16.3. The first kappa shape index (κ1) is 18.9. The lowest BCUT2D eigenvalue weighted by molar-refractivity contribution is 0.556. The van der Waals surface area contributed by atoms with Crippen LogP contribution in [0.15, 0.2) is 46.5 Å². The van der Waals surface area contributed by atoms with E-state index in [1.165, 1.54) is 21.3 Å². The molecule has 0 unspecified atom stereocenters. The van der Waals surface area contributed by atoms with Crippen LogP contribution in [0.4, 0.5) is 4.39 Å². The van der Waals surface area contributed by atoms with E-state index in [1.54, 1.807) is 37.1 Å². The van der Waals surface area contributed by atoms with Gasteiger partial charge in [0.1, 0.15) is 11.2 Å². The maximum absolute atomic E-state index is 15.1. The summed E-state index contributed by atoms with van der Waals surface area (Å²) in [7, 11) is -2.21. The van der Waals surface area contributed by atoms with Gasteiger partial charge in [0.05, 0.1) is 29.2 Å². The highest BCUT2D eigenvalue weighted by atomic mass is 32.2. The number of fused-ring (bicyclic) bond motifs is 3. The molecule has 156 valence electrons. The van der Waals surface area contributed by atoms with E-state index in [2.05, 4.69) is 14.9 Å². The maximum Gasteiger partial charge on any atom is 0.262 e. The number of nitrogens with one attached hydrogen (secondary N) is 1. The van der Waals surface area contributed by atoms with Gasteiger partial charge in [-0.1, -0.05) is 0 Å². The monoisotopic (exact) mass is 430 g/mol. The average molecular weight is 430 g/mol. The molecular weight excluding hydrogens is 411 g/mol. The predicted octanol–water partition coefficient (Wildman–Crippen LogP) is 1.40. The van der Waals surface area contributed by atoms with Crippen LogP contribution in [-0.4, -0.2) is 37.9 Å². The number of aromatic nitrogens is 5. The van der Waals surface area contributed by atoms with Gasteiger partial charge < -0.3 is 0 Å². The number of rotatable bonds is 5. The van der Waals surface area contributed by atoms with Crippen LogP contribution in [0.5, 0.6) is 0 Å². The minimum Gasteiger partial charge on any atom is -0.288 e. The van der Waals surface area contributed by atoms with E-state index in [0.29, 0.717) is 18.5 Å². The Bertz CT molecular complexity index is 1480. The van der Waals surface area contributed by atoms with Crippen molar-refractivity contribution < 1.29 is 12.8 Å². The quantitative estimate of drug-likeness (QED) is 0.516. The summed E-state index contributed by atoms with van der Waals surface area (Å²) >= 11 is 0. The van der Waals surface area contributed by atoms with E-state index in [9.17, 15) is 13.2 Å². The van der Waals surface area contributed by atoms with Crippen LogP contribution < -0.4 is 10.3 Å². The lowest BCUT2D eigenvalue weighted by Gasteiger charge is -2.14. The number of hydrogen-bond acceptors (Lipinski definition) is 5. The molecule has 0 atom stereocenters. The molecule has 4 aromatic rings.